The second-order valence-electron chi connectivity index (χ2n) is 12.0. The molecule has 12 nitrogen and oxygen atoms in total. The van der Waals surface area contributed by atoms with Crippen LogP contribution in [0.15, 0.2) is 115 Å². The Balaban J connectivity index is 1.45. The number of nitrogen functional groups attached to an aromatic ring is 1. The first kappa shape index (κ1) is 36.4. The van der Waals surface area contributed by atoms with Gasteiger partial charge in [0.2, 0.25) is 21.8 Å². The number of amides is 2. The lowest BCUT2D eigenvalue weighted by atomic mass is 9.97. The topological polar surface area (TPSA) is 218 Å². The molecular formula is C38H38N6O6S. The number of amidine groups is 1. The summed E-state index contributed by atoms with van der Waals surface area (Å²) in [5.74, 6) is -3.01. The van der Waals surface area contributed by atoms with Crippen LogP contribution in [0.25, 0.3) is 10.8 Å². The number of carbonyl (C=O) groups is 3. The molecular weight excluding hydrogens is 669 g/mol. The van der Waals surface area contributed by atoms with Gasteiger partial charge in [-0.05, 0) is 50.7 Å². The Morgan fingerprint density at radius 1 is 0.745 bits per heavy atom. The van der Waals surface area contributed by atoms with Gasteiger partial charge in [0.15, 0.2) is 0 Å². The van der Waals surface area contributed by atoms with Crippen molar-refractivity contribution in [1.82, 2.24) is 15.4 Å². The number of nitrogens with two attached hydrogens (primary N) is 2. The molecule has 5 aromatic rings. The molecule has 0 aromatic heterocycles. The van der Waals surface area contributed by atoms with Crippen LogP contribution in [0, 0.1) is 5.41 Å². The molecule has 2 atom stereocenters. The standard InChI is InChI=1S/C38H38N6O6S/c39-21-27-6-3-5-26(19-27)20-33(36(45)42-22-24-11-15-29(16-12-24)35(40)41)43-37(46)34(32-10-4-8-28-7-1-2-9-31(28)32)44-51(49,50)23-25-13-17-30(18-14-25)38(47)48/h1-19,33-34,44H,20-23,39H2,(H3,40,41)(H,42,45)(H,43,46)(H,47,48). The Hall–Kier alpha value is -5.89. The lowest BCUT2D eigenvalue weighted by molar-refractivity contribution is -0.130. The van der Waals surface area contributed by atoms with E-state index in [9.17, 15) is 27.9 Å². The zero-order valence-electron chi connectivity index (χ0n) is 27.5. The van der Waals surface area contributed by atoms with E-state index in [4.69, 9.17) is 16.9 Å². The maximum atomic E-state index is 14.3. The second kappa shape index (κ2) is 16.2. The number of aromatic carboxylic acids is 1. The molecule has 0 aliphatic rings. The maximum absolute atomic E-state index is 14.3. The molecule has 9 N–H and O–H groups in total. The van der Waals surface area contributed by atoms with Gasteiger partial charge >= 0.3 is 5.97 Å². The zero-order valence-corrected chi connectivity index (χ0v) is 28.3. The number of sulfonamides is 1. The second-order valence-corrected chi connectivity index (χ2v) is 13.8. The van der Waals surface area contributed by atoms with Crippen molar-refractivity contribution >= 4 is 44.4 Å². The van der Waals surface area contributed by atoms with Crippen LogP contribution >= 0.6 is 0 Å². The highest BCUT2D eigenvalue weighted by Gasteiger charge is 2.31. The van der Waals surface area contributed by atoms with E-state index >= 15 is 0 Å². The molecule has 0 aliphatic carbocycles. The third-order valence-electron chi connectivity index (χ3n) is 8.28. The Bertz CT molecular complexity index is 2170. The van der Waals surface area contributed by atoms with Crippen LogP contribution in [-0.4, -0.2) is 43.2 Å². The number of benzene rings is 5. The van der Waals surface area contributed by atoms with E-state index in [1.165, 1.54) is 24.3 Å². The smallest absolute Gasteiger partial charge is 0.335 e. The molecule has 0 heterocycles. The normalized spacial score (nSPS) is 12.5. The van der Waals surface area contributed by atoms with Gasteiger partial charge in [0, 0.05) is 25.1 Å². The minimum atomic E-state index is -4.21. The van der Waals surface area contributed by atoms with Crippen LogP contribution < -0.4 is 26.8 Å². The van der Waals surface area contributed by atoms with Gasteiger partial charge in [0.05, 0.1) is 11.3 Å². The summed E-state index contributed by atoms with van der Waals surface area (Å²) in [5.41, 5.74) is 15.0. The van der Waals surface area contributed by atoms with E-state index in [2.05, 4.69) is 15.4 Å². The monoisotopic (exact) mass is 706 g/mol. The number of hydrogen-bond donors (Lipinski definition) is 7. The summed E-state index contributed by atoms with van der Waals surface area (Å²) in [7, 11) is -4.21. The van der Waals surface area contributed by atoms with Crippen LogP contribution in [0.5, 0.6) is 0 Å². The van der Waals surface area contributed by atoms with Crippen LogP contribution in [0.3, 0.4) is 0 Å². The van der Waals surface area contributed by atoms with E-state index in [-0.39, 0.29) is 30.9 Å². The van der Waals surface area contributed by atoms with E-state index < -0.39 is 45.6 Å². The number of rotatable bonds is 15. The molecule has 13 heteroatoms. The molecule has 2 unspecified atom stereocenters. The Morgan fingerprint density at radius 3 is 2.06 bits per heavy atom. The summed E-state index contributed by atoms with van der Waals surface area (Å²) < 4.78 is 29.8. The van der Waals surface area contributed by atoms with Crippen molar-refractivity contribution in [2.45, 2.75) is 37.3 Å². The zero-order chi connectivity index (χ0) is 36.5. The van der Waals surface area contributed by atoms with Gasteiger partial charge in [0.25, 0.3) is 0 Å². The summed E-state index contributed by atoms with van der Waals surface area (Å²) >= 11 is 0. The lowest BCUT2D eigenvalue weighted by Crippen LogP contribution is -2.51. The fourth-order valence-corrected chi connectivity index (χ4v) is 6.95. The summed E-state index contributed by atoms with van der Waals surface area (Å²) in [4.78, 5) is 39.4. The van der Waals surface area contributed by atoms with Crippen molar-refractivity contribution in [3.8, 4) is 0 Å². The Kier molecular flexibility index (Phi) is 11.6. The van der Waals surface area contributed by atoms with E-state index in [0.29, 0.717) is 22.1 Å². The third kappa shape index (κ3) is 9.63. The van der Waals surface area contributed by atoms with E-state index in [1.54, 1.807) is 54.6 Å². The predicted molar refractivity (Wildman–Crippen MR) is 195 cm³/mol. The van der Waals surface area contributed by atoms with Gasteiger partial charge in [0.1, 0.15) is 17.9 Å². The highest BCUT2D eigenvalue weighted by Crippen LogP contribution is 2.26. The SMILES string of the molecule is N=C(N)c1ccc(CNC(=O)C(Cc2cccc(CN)c2)NC(=O)C(NS(=O)(=O)Cc2ccc(C(=O)O)cc2)c2cccc3ccccc23)cc1. The van der Waals surface area contributed by atoms with Crippen molar-refractivity contribution in [3.63, 3.8) is 0 Å². The molecule has 0 fully saturated rings. The number of carbonyl (C=O) groups excluding carboxylic acids is 2. The highest BCUT2D eigenvalue weighted by atomic mass is 32.2. The van der Waals surface area contributed by atoms with Crippen LogP contribution in [-0.2, 0) is 44.9 Å². The quantitative estimate of drug-likeness (QED) is 0.0630. The first-order valence-electron chi connectivity index (χ1n) is 16.0. The molecule has 2 amide bonds. The maximum Gasteiger partial charge on any atom is 0.335 e. The summed E-state index contributed by atoms with van der Waals surface area (Å²) in [6.45, 7) is 0.392. The Labute approximate surface area is 295 Å². The van der Waals surface area contributed by atoms with Crippen molar-refractivity contribution < 1.29 is 27.9 Å². The number of nitrogens with one attached hydrogen (secondary N) is 4. The largest absolute Gasteiger partial charge is 0.478 e. The van der Waals surface area contributed by atoms with Gasteiger partial charge in [-0.3, -0.25) is 15.0 Å². The molecule has 0 spiro atoms. The minimum absolute atomic E-state index is 0.00603. The van der Waals surface area contributed by atoms with Crippen LogP contribution in [0.2, 0.25) is 0 Å². The molecule has 5 rings (SSSR count). The molecule has 0 radical (unpaired) electrons. The van der Waals surface area contributed by atoms with Gasteiger partial charge in [-0.1, -0.05) is 103 Å². The van der Waals surface area contributed by atoms with Gasteiger partial charge in [-0.15, -0.1) is 0 Å². The molecule has 262 valence electrons. The summed E-state index contributed by atoms with van der Waals surface area (Å²) in [5, 5.41) is 23.9. The molecule has 0 saturated heterocycles. The van der Waals surface area contributed by atoms with Crippen molar-refractivity contribution in [2.24, 2.45) is 11.5 Å². The molecule has 0 bridgehead atoms. The van der Waals surface area contributed by atoms with Gasteiger partial charge < -0.3 is 27.2 Å². The number of carboxylic acids is 1. The van der Waals surface area contributed by atoms with Crippen LogP contribution in [0.4, 0.5) is 0 Å². The van der Waals surface area contributed by atoms with E-state index in [1.807, 2.05) is 36.4 Å². The number of carboxylic acid groups (broad SMARTS) is 1. The first-order valence-corrected chi connectivity index (χ1v) is 17.7. The molecule has 5 aromatic carbocycles. The average molecular weight is 707 g/mol. The van der Waals surface area contributed by atoms with Crippen molar-refractivity contribution in [2.75, 3.05) is 0 Å². The minimum Gasteiger partial charge on any atom is -0.478 e. The van der Waals surface area contributed by atoms with Crippen molar-refractivity contribution in [3.05, 3.63) is 154 Å². The fraction of sp³-hybridized carbons (Fsp3) is 0.158. The lowest BCUT2D eigenvalue weighted by Gasteiger charge is -2.25. The van der Waals surface area contributed by atoms with Gasteiger partial charge in [-0.2, -0.15) is 4.72 Å². The predicted octanol–water partition coefficient (Wildman–Crippen LogP) is 3.49. The summed E-state index contributed by atoms with van der Waals surface area (Å²) in [6, 6.07) is 29.4. The molecule has 0 saturated carbocycles. The van der Waals surface area contributed by atoms with Crippen LogP contribution in [0.1, 0.15) is 49.8 Å². The average Bonchev–Trinajstić information content (AvgIpc) is 3.12. The first-order chi connectivity index (χ1) is 24.4. The fourth-order valence-electron chi connectivity index (χ4n) is 5.64. The van der Waals surface area contributed by atoms with Crippen molar-refractivity contribution in [1.29, 1.82) is 5.41 Å². The third-order valence-corrected chi connectivity index (χ3v) is 9.59. The van der Waals surface area contributed by atoms with E-state index in [0.717, 1.165) is 22.1 Å². The molecule has 0 aliphatic heterocycles. The summed E-state index contributed by atoms with van der Waals surface area (Å²) in [6.07, 6.45) is 0.0830. The van der Waals surface area contributed by atoms with Gasteiger partial charge in [-0.25, -0.2) is 13.2 Å². The number of hydrogen-bond acceptors (Lipinski definition) is 7. The highest BCUT2D eigenvalue weighted by molar-refractivity contribution is 7.88. The molecule has 51 heavy (non-hydrogen) atoms. The number of fused-ring (bicyclic) bond motifs is 1. The Morgan fingerprint density at radius 2 is 1.37 bits per heavy atom.